The fraction of sp³-hybridized carbons (Fsp3) is 0.250. The van der Waals surface area contributed by atoms with Crippen LogP contribution in [0.25, 0.3) is 0 Å². The van der Waals surface area contributed by atoms with Crippen LogP contribution in [0.3, 0.4) is 0 Å². The quantitative estimate of drug-likeness (QED) is 0.753. The first-order chi connectivity index (χ1) is 6.20. The zero-order chi connectivity index (χ0) is 9.84. The Morgan fingerprint density at radius 2 is 2.31 bits per heavy atom. The molecule has 2 nitrogen and oxygen atoms in total. The van der Waals surface area contributed by atoms with Crippen molar-refractivity contribution in [2.24, 2.45) is 0 Å². The van der Waals surface area contributed by atoms with Gasteiger partial charge in [0.1, 0.15) is 11.8 Å². The molecule has 0 aliphatic rings. The van der Waals surface area contributed by atoms with Crippen LogP contribution in [-0.4, -0.2) is 4.98 Å². The van der Waals surface area contributed by atoms with E-state index >= 15 is 0 Å². The second-order valence-corrected chi connectivity index (χ2v) is 2.84. The van der Waals surface area contributed by atoms with Gasteiger partial charge in [-0.05, 0) is 11.6 Å². The van der Waals surface area contributed by atoms with E-state index in [1.807, 2.05) is 0 Å². The van der Waals surface area contributed by atoms with E-state index in [1.54, 1.807) is 12.1 Å². The third kappa shape index (κ3) is 2.01. The maximum absolute atomic E-state index is 12.3. The average Bonchev–Trinajstić information content (AvgIpc) is 2.16. The number of aromatic nitrogens is 1. The van der Waals surface area contributed by atoms with Gasteiger partial charge in [-0.25, -0.2) is 8.78 Å². The van der Waals surface area contributed by atoms with Gasteiger partial charge in [-0.2, -0.15) is 5.26 Å². The van der Waals surface area contributed by atoms with Crippen molar-refractivity contribution in [1.29, 1.82) is 5.26 Å². The van der Waals surface area contributed by atoms with E-state index < -0.39 is 12.1 Å². The third-order valence-electron chi connectivity index (χ3n) is 1.53. The van der Waals surface area contributed by atoms with E-state index in [2.05, 4.69) is 20.9 Å². The Morgan fingerprint density at radius 1 is 1.62 bits per heavy atom. The molecule has 0 bridgehead atoms. The van der Waals surface area contributed by atoms with Crippen LogP contribution >= 0.6 is 15.9 Å². The van der Waals surface area contributed by atoms with Crippen LogP contribution in [0.15, 0.2) is 12.3 Å². The molecule has 0 radical (unpaired) electrons. The molecule has 5 heteroatoms. The first-order valence-corrected chi connectivity index (χ1v) is 4.54. The zero-order valence-electron chi connectivity index (χ0n) is 6.47. The van der Waals surface area contributed by atoms with Crippen molar-refractivity contribution >= 4 is 15.9 Å². The number of hydrogen-bond donors (Lipinski definition) is 0. The van der Waals surface area contributed by atoms with Crippen molar-refractivity contribution in [2.75, 3.05) is 0 Å². The Morgan fingerprint density at radius 3 is 2.77 bits per heavy atom. The minimum Gasteiger partial charge on any atom is -0.254 e. The van der Waals surface area contributed by atoms with E-state index in [-0.39, 0.29) is 5.56 Å². The normalized spacial score (nSPS) is 10.1. The highest BCUT2D eigenvalue weighted by molar-refractivity contribution is 9.08. The van der Waals surface area contributed by atoms with Gasteiger partial charge >= 0.3 is 0 Å². The van der Waals surface area contributed by atoms with Gasteiger partial charge in [-0.15, -0.1) is 0 Å². The third-order valence-corrected chi connectivity index (χ3v) is 2.13. The minimum absolute atomic E-state index is 0.0330. The number of nitrogens with zero attached hydrogens (tertiary/aromatic N) is 2. The van der Waals surface area contributed by atoms with Crippen molar-refractivity contribution in [1.82, 2.24) is 4.98 Å². The van der Waals surface area contributed by atoms with Crippen LogP contribution in [0.2, 0.25) is 0 Å². The molecule has 0 saturated heterocycles. The van der Waals surface area contributed by atoms with E-state index in [1.165, 1.54) is 6.20 Å². The summed E-state index contributed by atoms with van der Waals surface area (Å²) in [5, 5.41) is 9.01. The lowest BCUT2D eigenvalue weighted by molar-refractivity contribution is 0.145. The van der Waals surface area contributed by atoms with Crippen molar-refractivity contribution in [3.63, 3.8) is 0 Å². The standard InChI is InChI=1S/C8H5BrF2N2/c9-3-5-1-2-13-7(8(10)11)6(5)4-12/h1-2,8H,3H2. The Kier molecular flexibility index (Phi) is 3.32. The largest absolute Gasteiger partial charge is 0.281 e. The summed E-state index contributed by atoms with van der Waals surface area (Å²) in [6.07, 6.45) is -1.42. The molecular weight excluding hydrogens is 242 g/mol. The number of rotatable bonds is 2. The molecule has 0 fully saturated rings. The predicted octanol–water partition coefficient (Wildman–Crippen LogP) is 2.79. The molecule has 13 heavy (non-hydrogen) atoms. The van der Waals surface area contributed by atoms with E-state index in [9.17, 15) is 8.78 Å². The summed E-state index contributed by atoms with van der Waals surface area (Å²) in [5.41, 5.74) is 0.0571. The van der Waals surface area contributed by atoms with Gasteiger partial charge in [0.2, 0.25) is 0 Å². The van der Waals surface area contributed by atoms with Crippen LogP contribution in [-0.2, 0) is 5.33 Å². The molecule has 1 aromatic rings. The van der Waals surface area contributed by atoms with Crippen LogP contribution in [0.4, 0.5) is 8.78 Å². The maximum atomic E-state index is 12.3. The Labute approximate surface area is 82.3 Å². The summed E-state index contributed by atoms with van der Waals surface area (Å²) in [7, 11) is 0. The van der Waals surface area contributed by atoms with E-state index in [0.29, 0.717) is 10.9 Å². The summed E-state index contributed by atoms with van der Waals surface area (Å²) in [4.78, 5) is 3.46. The molecule has 1 heterocycles. The van der Waals surface area contributed by atoms with Gasteiger partial charge in [0.25, 0.3) is 6.43 Å². The molecule has 0 saturated carbocycles. The average molecular weight is 247 g/mol. The molecule has 0 aliphatic heterocycles. The minimum atomic E-state index is -2.70. The van der Waals surface area contributed by atoms with Gasteiger partial charge in [-0.1, -0.05) is 15.9 Å². The Balaban J connectivity index is 3.29. The lowest BCUT2D eigenvalue weighted by atomic mass is 10.1. The second-order valence-electron chi connectivity index (χ2n) is 2.28. The molecule has 68 valence electrons. The monoisotopic (exact) mass is 246 g/mol. The fourth-order valence-corrected chi connectivity index (χ4v) is 1.39. The first kappa shape index (κ1) is 10.1. The SMILES string of the molecule is N#Cc1c(CBr)ccnc1C(F)F. The smallest absolute Gasteiger partial charge is 0.254 e. The fourth-order valence-electron chi connectivity index (χ4n) is 0.926. The van der Waals surface area contributed by atoms with Gasteiger partial charge in [-0.3, -0.25) is 4.98 Å². The summed E-state index contributed by atoms with van der Waals surface area (Å²) in [6.45, 7) is 0. The summed E-state index contributed by atoms with van der Waals surface area (Å²) in [5.74, 6) is 0. The highest BCUT2D eigenvalue weighted by Gasteiger charge is 2.16. The molecule has 0 unspecified atom stereocenters. The van der Waals surface area contributed by atoms with Gasteiger partial charge in [0.05, 0.1) is 5.56 Å². The molecule has 0 spiro atoms. The number of hydrogen-bond acceptors (Lipinski definition) is 2. The predicted molar refractivity (Wildman–Crippen MR) is 46.5 cm³/mol. The summed E-state index contributed by atoms with van der Waals surface area (Å²) in [6, 6.07) is 3.26. The highest BCUT2D eigenvalue weighted by Crippen LogP contribution is 2.23. The van der Waals surface area contributed by atoms with Gasteiger partial charge in [0.15, 0.2) is 0 Å². The molecule has 0 aromatic carbocycles. The van der Waals surface area contributed by atoms with Gasteiger partial charge < -0.3 is 0 Å². The lowest BCUT2D eigenvalue weighted by Crippen LogP contribution is -1.98. The van der Waals surface area contributed by atoms with Crippen molar-refractivity contribution in [3.05, 3.63) is 29.1 Å². The molecule has 1 aromatic heterocycles. The summed E-state index contributed by atoms with van der Waals surface area (Å²) < 4.78 is 24.6. The van der Waals surface area contributed by atoms with Crippen LogP contribution < -0.4 is 0 Å². The lowest BCUT2D eigenvalue weighted by Gasteiger charge is -2.04. The molecule has 0 N–H and O–H groups in total. The van der Waals surface area contributed by atoms with E-state index in [4.69, 9.17) is 5.26 Å². The van der Waals surface area contributed by atoms with Crippen molar-refractivity contribution in [3.8, 4) is 6.07 Å². The van der Waals surface area contributed by atoms with Crippen LogP contribution in [0.5, 0.6) is 0 Å². The molecule has 0 atom stereocenters. The first-order valence-electron chi connectivity index (χ1n) is 3.42. The number of alkyl halides is 3. The Hall–Kier alpha value is -1.02. The second kappa shape index (κ2) is 4.28. The zero-order valence-corrected chi connectivity index (χ0v) is 8.05. The van der Waals surface area contributed by atoms with Crippen LogP contribution in [0.1, 0.15) is 23.2 Å². The topological polar surface area (TPSA) is 36.7 Å². The highest BCUT2D eigenvalue weighted by atomic mass is 79.9. The Bertz CT molecular complexity index is 346. The van der Waals surface area contributed by atoms with E-state index in [0.717, 1.165) is 0 Å². The summed E-state index contributed by atoms with van der Waals surface area (Å²) >= 11 is 3.11. The van der Waals surface area contributed by atoms with Gasteiger partial charge in [0, 0.05) is 11.5 Å². The maximum Gasteiger partial charge on any atom is 0.281 e. The van der Waals surface area contributed by atoms with Crippen molar-refractivity contribution < 1.29 is 8.78 Å². The number of pyridine rings is 1. The molecule has 0 amide bonds. The molecule has 1 rings (SSSR count). The van der Waals surface area contributed by atoms with Crippen molar-refractivity contribution in [2.45, 2.75) is 11.8 Å². The molecular formula is C8H5BrF2N2. The number of nitriles is 1. The van der Waals surface area contributed by atoms with Crippen LogP contribution in [0, 0.1) is 11.3 Å². The molecule has 0 aliphatic carbocycles. The number of halogens is 3.